The summed E-state index contributed by atoms with van der Waals surface area (Å²) < 4.78 is 31.4. The molecule has 9 nitrogen and oxygen atoms in total. The summed E-state index contributed by atoms with van der Waals surface area (Å²) in [5, 5.41) is 0. The molecule has 0 aliphatic carbocycles. The highest BCUT2D eigenvalue weighted by atomic mass is 32.8. The van der Waals surface area contributed by atoms with E-state index >= 15 is 0 Å². The van der Waals surface area contributed by atoms with E-state index in [1.165, 1.54) is 96.9 Å². The Kier molecular flexibility index (Phi) is 18.3. The van der Waals surface area contributed by atoms with Crippen LogP contribution in [0.3, 0.4) is 0 Å². The molecule has 2 rings (SSSR count). The fourth-order valence-corrected chi connectivity index (χ4v) is 7.32. The Bertz CT molecular complexity index is 1030. The molecule has 0 amide bonds. The molecule has 0 fully saturated rings. The van der Waals surface area contributed by atoms with Crippen LogP contribution in [0.4, 0.5) is 5.82 Å². The van der Waals surface area contributed by atoms with Gasteiger partial charge in [0.15, 0.2) is 11.5 Å². The Balaban J connectivity index is 1.49. The number of fused-ring (bicyclic) bond motifs is 1. The molecule has 0 radical (unpaired) electrons. The smallest absolute Gasteiger partial charge is 0.355 e. The van der Waals surface area contributed by atoms with Gasteiger partial charge in [0.05, 0.1) is 25.6 Å². The highest BCUT2D eigenvalue weighted by Gasteiger charge is 2.25. The number of rotatable bonds is 25. The predicted molar refractivity (Wildman–Crippen MR) is 170 cm³/mol. The van der Waals surface area contributed by atoms with E-state index < -0.39 is 7.60 Å². The van der Waals surface area contributed by atoms with Crippen molar-refractivity contribution < 1.29 is 18.3 Å². The monoisotopic (exact) mass is 617 g/mol. The van der Waals surface area contributed by atoms with Gasteiger partial charge in [-0.25, -0.2) is 15.0 Å². The van der Waals surface area contributed by atoms with Gasteiger partial charge in [0.1, 0.15) is 18.2 Å². The SMILES string of the molecule is CCCCCCCCCCCCCCCCS(=S)CCOP(=O)(CO[C@H](C)Cn1cnc2c(N)ncnc21)OC. The first kappa shape index (κ1) is 35.2. The third-order valence-corrected chi connectivity index (χ3v) is 11.0. The van der Waals surface area contributed by atoms with E-state index in [1.54, 1.807) is 6.33 Å². The minimum atomic E-state index is -3.35. The molecule has 2 N–H and O–H groups in total. The summed E-state index contributed by atoms with van der Waals surface area (Å²) >= 11 is 5.63. The number of anilines is 1. The van der Waals surface area contributed by atoms with Crippen molar-refractivity contribution in [3.05, 3.63) is 12.7 Å². The van der Waals surface area contributed by atoms with Crippen LogP contribution in [0.2, 0.25) is 0 Å². The molecule has 0 spiro atoms. The van der Waals surface area contributed by atoms with E-state index in [9.17, 15) is 4.57 Å². The summed E-state index contributed by atoms with van der Waals surface area (Å²) in [6.07, 6.45) is 21.6. The molecule has 12 heteroatoms. The number of unbranched alkanes of at least 4 members (excludes halogenated alkanes) is 13. The van der Waals surface area contributed by atoms with Gasteiger partial charge in [-0.2, -0.15) is 0 Å². The summed E-state index contributed by atoms with van der Waals surface area (Å²) in [5.74, 6) is 2.06. The lowest BCUT2D eigenvalue weighted by Crippen LogP contribution is -2.18. The number of ether oxygens (including phenoxy) is 1. The fourth-order valence-electron chi connectivity index (χ4n) is 4.55. The third-order valence-electron chi connectivity index (χ3n) is 7.00. The quantitative estimate of drug-likeness (QED) is 0.0913. The Morgan fingerprint density at radius 3 is 2.15 bits per heavy atom. The first-order chi connectivity index (χ1) is 19.4. The minimum Gasteiger partial charge on any atom is -0.382 e. The summed E-state index contributed by atoms with van der Waals surface area (Å²) in [6.45, 7) is 4.94. The average Bonchev–Trinajstić information content (AvgIpc) is 3.36. The largest absolute Gasteiger partial charge is 0.382 e. The highest BCUT2D eigenvalue weighted by molar-refractivity contribution is 8.28. The topological polar surface area (TPSA) is 114 Å². The third kappa shape index (κ3) is 14.3. The van der Waals surface area contributed by atoms with Crippen molar-refractivity contribution in [2.24, 2.45) is 0 Å². The second-order valence-corrected chi connectivity index (χ2v) is 15.7. The van der Waals surface area contributed by atoms with Crippen molar-refractivity contribution in [3.8, 4) is 0 Å². The predicted octanol–water partition coefficient (Wildman–Crippen LogP) is 7.19. The number of hydrogen-bond donors (Lipinski definition) is 1. The summed E-state index contributed by atoms with van der Waals surface area (Å²) in [5.41, 5.74) is 7.03. The van der Waals surface area contributed by atoms with Crippen molar-refractivity contribution >= 4 is 45.2 Å². The maximum atomic E-state index is 13.0. The van der Waals surface area contributed by atoms with Crippen molar-refractivity contribution in [2.45, 2.75) is 116 Å². The molecule has 0 saturated carbocycles. The van der Waals surface area contributed by atoms with Crippen LogP contribution >= 0.6 is 7.60 Å². The number of nitrogens with zero attached hydrogens (tertiary/aromatic N) is 4. The van der Waals surface area contributed by atoms with Crippen molar-refractivity contribution in [1.82, 2.24) is 19.5 Å². The van der Waals surface area contributed by atoms with E-state index in [4.69, 9.17) is 30.7 Å². The van der Waals surface area contributed by atoms with Gasteiger partial charge in [0.2, 0.25) is 0 Å². The Morgan fingerprint density at radius 2 is 1.55 bits per heavy atom. The van der Waals surface area contributed by atoms with Crippen molar-refractivity contribution in [1.29, 1.82) is 0 Å². The Labute approximate surface area is 248 Å². The van der Waals surface area contributed by atoms with Crippen LogP contribution in [-0.4, -0.2) is 57.2 Å². The molecule has 2 aromatic heterocycles. The summed E-state index contributed by atoms with van der Waals surface area (Å²) in [7, 11) is -2.13. The molecule has 2 unspecified atom stereocenters. The second-order valence-electron chi connectivity index (χ2n) is 10.5. The number of nitrogen functional groups attached to an aromatic ring is 1. The second kappa shape index (κ2) is 20.8. The van der Waals surface area contributed by atoms with Crippen LogP contribution in [0.1, 0.15) is 104 Å². The maximum absolute atomic E-state index is 13.0. The summed E-state index contributed by atoms with van der Waals surface area (Å²) in [4.78, 5) is 12.4. The van der Waals surface area contributed by atoms with E-state index in [2.05, 4.69) is 21.9 Å². The molecule has 40 heavy (non-hydrogen) atoms. The normalized spacial score (nSPS) is 14.9. The lowest BCUT2D eigenvalue weighted by atomic mass is 10.0. The number of hydrogen-bond acceptors (Lipinski definition) is 9. The average molecular weight is 618 g/mol. The van der Waals surface area contributed by atoms with Crippen molar-refractivity contribution in [3.63, 3.8) is 0 Å². The van der Waals surface area contributed by atoms with Gasteiger partial charge in [-0.05, 0) is 19.1 Å². The molecular weight excluding hydrogens is 565 g/mol. The highest BCUT2D eigenvalue weighted by Crippen LogP contribution is 2.47. The Hall–Kier alpha value is -0.970. The number of imidazole rings is 1. The lowest BCUT2D eigenvalue weighted by molar-refractivity contribution is 0.0697. The van der Waals surface area contributed by atoms with Gasteiger partial charge >= 0.3 is 7.60 Å². The van der Waals surface area contributed by atoms with Crippen LogP contribution in [0.5, 0.6) is 0 Å². The van der Waals surface area contributed by atoms with Gasteiger partial charge in [0, 0.05) is 12.9 Å². The summed E-state index contributed by atoms with van der Waals surface area (Å²) in [6, 6.07) is 0. The molecule has 0 aliphatic rings. The molecule has 0 aromatic carbocycles. The molecule has 0 bridgehead atoms. The Morgan fingerprint density at radius 1 is 0.950 bits per heavy atom. The van der Waals surface area contributed by atoms with Crippen molar-refractivity contribution in [2.75, 3.05) is 37.3 Å². The van der Waals surface area contributed by atoms with Gasteiger partial charge in [-0.1, -0.05) is 102 Å². The molecule has 0 aliphatic heterocycles. The zero-order valence-electron chi connectivity index (χ0n) is 24.9. The standard InChI is InChI=1S/C28H52N5O4PS2/c1-4-5-6-7-8-9-10-11-12-13-14-15-16-17-19-40(39)20-18-37-38(34,35-3)24-36-25(2)21-33-23-32-26-27(29)30-22-31-28(26)33/h22-23,25H,4-21,24H2,1-3H3,(H2,29,30,31)/t25-,38?,40?/m1/s1. The van der Waals surface area contributed by atoms with Crippen LogP contribution in [0.15, 0.2) is 12.7 Å². The molecule has 2 heterocycles. The maximum Gasteiger partial charge on any atom is 0.355 e. The molecule has 2 aromatic rings. The van der Waals surface area contributed by atoms with Gasteiger partial charge in [-0.3, -0.25) is 4.57 Å². The zero-order valence-corrected chi connectivity index (χ0v) is 27.5. The zero-order chi connectivity index (χ0) is 29.1. The van der Waals surface area contributed by atoms with Crippen LogP contribution in [-0.2, 0) is 45.5 Å². The lowest BCUT2D eigenvalue weighted by Gasteiger charge is -2.20. The van der Waals surface area contributed by atoms with Gasteiger partial charge in [-0.15, -0.1) is 9.45 Å². The molecule has 0 saturated heterocycles. The molecular formula is C28H52N5O4PS2. The fraction of sp³-hybridized carbons (Fsp3) is 0.821. The number of nitrogens with two attached hydrogens (primary N) is 1. The molecule has 230 valence electrons. The van der Waals surface area contributed by atoms with E-state index in [0.29, 0.717) is 35.9 Å². The van der Waals surface area contributed by atoms with Gasteiger partial charge in [0.25, 0.3) is 0 Å². The number of aromatic nitrogens is 4. The van der Waals surface area contributed by atoms with E-state index in [0.717, 1.165) is 12.2 Å². The van der Waals surface area contributed by atoms with E-state index in [1.807, 2.05) is 11.5 Å². The minimum absolute atomic E-state index is 0.126. The van der Waals surface area contributed by atoms with E-state index in [-0.39, 0.29) is 21.9 Å². The van der Waals surface area contributed by atoms with Gasteiger partial charge < -0.3 is 24.1 Å². The first-order valence-electron chi connectivity index (χ1n) is 15.1. The van der Waals surface area contributed by atoms with Crippen LogP contribution in [0.25, 0.3) is 11.2 Å². The molecule has 3 atom stereocenters. The first-order valence-corrected chi connectivity index (χ1v) is 19.3. The van der Waals surface area contributed by atoms with Crippen LogP contribution < -0.4 is 5.73 Å². The van der Waals surface area contributed by atoms with Crippen LogP contribution in [0, 0.1) is 0 Å².